The van der Waals surface area contributed by atoms with E-state index < -0.39 is 6.10 Å². The smallest absolute Gasteiger partial charge is 0.255 e. The highest BCUT2D eigenvalue weighted by Crippen LogP contribution is 2.37. The molecule has 5 rings (SSSR count). The van der Waals surface area contributed by atoms with Gasteiger partial charge in [-0.1, -0.05) is 12.1 Å². The van der Waals surface area contributed by atoms with Crippen LogP contribution in [0.1, 0.15) is 27.9 Å². The van der Waals surface area contributed by atoms with Gasteiger partial charge in [0.05, 0.1) is 30.0 Å². The number of ether oxygens (including phenoxy) is 3. The Morgan fingerprint density at radius 2 is 2.06 bits per heavy atom. The molecule has 0 saturated carbocycles. The number of fused-ring (bicyclic) bond motifs is 1. The summed E-state index contributed by atoms with van der Waals surface area (Å²) < 4.78 is 18.2. The van der Waals surface area contributed by atoms with E-state index >= 15 is 0 Å². The van der Waals surface area contributed by atoms with Crippen molar-refractivity contribution in [3.63, 3.8) is 0 Å². The van der Waals surface area contributed by atoms with Gasteiger partial charge in [-0.2, -0.15) is 5.10 Å². The number of aliphatic hydroxyl groups is 1. The Bertz CT molecular complexity index is 1070. The summed E-state index contributed by atoms with van der Waals surface area (Å²) in [5.41, 5.74) is 3.43. The van der Waals surface area contributed by atoms with Gasteiger partial charge in [0.25, 0.3) is 5.91 Å². The Balaban J connectivity index is 1.37. The molecule has 3 heterocycles. The van der Waals surface area contributed by atoms with Crippen molar-refractivity contribution in [1.29, 1.82) is 0 Å². The number of aliphatic hydroxyl groups excluding tert-OH is 1. The molecule has 2 aliphatic rings. The van der Waals surface area contributed by atoms with Crippen molar-refractivity contribution >= 4 is 5.91 Å². The molecule has 1 amide bonds. The number of carbonyl (C=O) groups excluding carboxylic acids is 1. The van der Waals surface area contributed by atoms with E-state index in [1.165, 1.54) is 0 Å². The minimum absolute atomic E-state index is 0.0809. The Morgan fingerprint density at radius 1 is 1.19 bits per heavy atom. The number of aromatic nitrogens is 2. The molecule has 160 valence electrons. The van der Waals surface area contributed by atoms with E-state index in [0.29, 0.717) is 36.5 Å². The first-order valence-corrected chi connectivity index (χ1v) is 10.3. The lowest BCUT2D eigenvalue weighted by molar-refractivity contribution is -0.0261. The summed E-state index contributed by atoms with van der Waals surface area (Å²) >= 11 is 0. The topological polar surface area (TPSA) is 94.8 Å². The average Bonchev–Trinajstić information content (AvgIpc) is 3.47. The molecule has 0 aliphatic carbocycles. The minimum Gasteiger partial charge on any atom is -0.454 e. The Kier molecular flexibility index (Phi) is 5.31. The fraction of sp³-hybridized carbons (Fsp3) is 0.304. The van der Waals surface area contributed by atoms with E-state index in [9.17, 15) is 9.90 Å². The van der Waals surface area contributed by atoms with Crippen molar-refractivity contribution in [2.75, 3.05) is 20.0 Å². The number of hydrogen-bond donors (Lipinski definition) is 2. The fourth-order valence-corrected chi connectivity index (χ4v) is 3.90. The van der Waals surface area contributed by atoms with Crippen LogP contribution in [0.15, 0.2) is 54.9 Å². The van der Waals surface area contributed by atoms with E-state index in [-0.39, 0.29) is 25.3 Å². The van der Waals surface area contributed by atoms with Crippen molar-refractivity contribution in [2.45, 2.75) is 25.0 Å². The molecule has 2 aromatic carbocycles. The first-order valence-electron chi connectivity index (χ1n) is 10.3. The molecule has 1 aromatic heterocycles. The van der Waals surface area contributed by atoms with Crippen LogP contribution in [0, 0.1) is 0 Å². The van der Waals surface area contributed by atoms with Gasteiger partial charge in [-0.25, -0.2) is 4.68 Å². The fourth-order valence-electron chi connectivity index (χ4n) is 3.90. The molecule has 8 nitrogen and oxygen atoms in total. The Morgan fingerprint density at radius 3 is 2.84 bits per heavy atom. The first kappa shape index (κ1) is 19.6. The van der Waals surface area contributed by atoms with Gasteiger partial charge < -0.3 is 24.6 Å². The molecule has 0 radical (unpaired) electrons. The number of amides is 1. The van der Waals surface area contributed by atoms with Crippen LogP contribution in [0.25, 0.3) is 5.69 Å². The van der Waals surface area contributed by atoms with Crippen molar-refractivity contribution < 1.29 is 24.1 Å². The summed E-state index contributed by atoms with van der Waals surface area (Å²) in [5.74, 6) is 0.712. The molecule has 0 bridgehead atoms. The van der Waals surface area contributed by atoms with Crippen molar-refractivity contribution in [2.24, 2.45) is 0 Å². The third-order valence-electron chi connectivity index (χ3n) is 5.53. The highest BCUT2D eigenvalue weighted by atomic mass is 16.7. The van der Waals surface area contributed by atoms with Gasteiger partial charge in [0, 0.05) is 19.0 Å². The number of rotatable bonds is 5. The van der Waals surface area contributed by atoms with E-state index in [0.717, 1.165) is 16.8 Å². The van der Waals surface area contributed by atoms with Gasteiger partial charge in [-0.15, -0.1) is 0 Å². The lowest BCUT2D eigenvalue weighted by Gasteiger charge is -2.28. The van der Waals surface area contributed by atoms with Gasteiger partial charge in [0.1, 0.15) is 0 Å². The molecule has 3 aromatic rings. The van der Waals surface area contributed by atoms with E-state index in [4.69, 9.17) is 14.2 Å². The van der Waals surface area contributed by atoms with Crippen molar-refractivity contribution in [1.82, 2.24) is 15.1 Å². The van der Waals surface area contributed by atoms with Gasteiger partial charge in [-0.05, 0) is 54.3 Å². The van der Waals surface area contributed by atoms with Crippen LogP contribution in [0.3, 0.4) is 0 Å². The predicted octanol–water partition coefficient (Wildman–Crippen LogP) is 2.07. The van der Waals surface area contributed by atoms with Crippen LogP contribution >= 0.6 is 0 Å². The average molecular weight is 421 g/mol. The van der Waals surface area contributed by atoms with Crippen molar-refractivity contribution in [3.8, 4) is 17.2 Å². The molecule has 2 aliphatic heterocycles. The first-order chi connectivity index (χ1) is 15.2. The van der Waals surface area contributed by atoms with Gasteiger partial charge >= 0.3 is 0 Å². The van der Waals surface area contributed by atoms with Crippen LogP contribution in [-0.2, 0) is 11.2 Å². The molecular weight excluding hydrogens is 398 g/mol. The number of nitrogens with zero attached hydrogens (tertiary/aromatic N) is 2. The maximum absolute atomic E-state index is 13.0. The monoisotopic (exact) mass is 421 g/mol. The second kappa shape index (κ2) is 8.41. The largest absolute Gasteiger partial charge is 0.454 e. The molecule has 2 atom stereocenters. The molecule has 8 heteroatoms. The quantitative estimate of drug-likeness (QED) is 0.655. The van der Waals surface area contributed by atoms with Crippen LogP contribution in [0.5, 0.6) is 11.5 Å². The third-order valence-corrected chi connectivity index (χ3v) is 5.53. The Labute approximate surface area is 179 Å². The van der Waals surface area contributed by atoms with Crippen LogP contribution in [-0.4, -0.2) is 52.9 Å². The van der Waals surface area contributed by atoms with Crippen molar-refractivity contribution in [3.05, 3.63) is 71.5 Å². The predicted molar refractivity (Wildman–Crippen MR) is 112 cm³/mol. The standard InChI is InChI=1S/C23H23N3O5/c27-20-13-29-9-6-19(20)25-23(28)18-11-16(12-21-22(18)31-14-30-21)10-15-2-4-17(5-3-15)26-8-1-7-24-26/h1-5,7-8,11-12,19-20,27H,6,9-10,13-14H2,(H,25,28)/t19-,20-/m0/s1. The normalized spacial score (nSPS) is 19.9. The molecule has 1 fully saturated rings. The number of hydrogen-bond acceptors (Lipinski definition) is 6. The second-order valence-corrected chi connectivity index (χ2v) is 7.68. The van der Waals surface area contributed by atoms with E-state index in [1.807, 2.05) is 48.7 Å². The lowest BCUT2D eigenvalue weighted by Crippen LogP contribution is -2.48. The summed E-state index contributed by atoms with van der Waals surface area (Å²) in [5, 5.41) is 17.3. The van der Waals surface area contributed by atoms with Crippen LogP contribution in [0.4, 0.5) is 0 Å². The number of benzene rings is 2. The molecule has 31 heavy (non-hydrogen) atoms. The highest BCUT2D eigenvalue weighted by Gasteiger charge is 2.29. The molecular formula is C23H23N3O5. The zero-order valence-corrected chi connectivity index (χ0v) is 16.9. The van der Waals surface area contributed by atoms with E-state index in [2.05, 4.69) is 10.4 Å². The van der Waals surface area contributed by atoms with E-state index in [1.54, 1.807) is 10.9 Å². The summed E-state index contributed by atoms with van der Waals surface area (Å²) in [6.07, 6.45) is 4.12. The third kappa shape index (κ3) is 4.12. The Hall–Kier alpha value is -3.36. The maximum atomic E-state index is 13.0. The number of carbonyl (C=O) groups is 1. The lowest BCUT2D eigenvalue weighted by atomic mass is 10.00. The van der Waals surface area contributed by atoms with Crippen LogP contribution < -0.4 is 14.8 Å². The summed E-state index contributed by atoms with van der Waals surface area (Å²) in [7, 11) is 0. The molecule has 2 N–H and O–H groups in total. The molecule has 0 spiro atoms. The summed E-state index contributed by atoms with van der Waals surface area (Å²) in [6.45, 7) is 0.809. The van der Waals surface area contributed by atoms with Gasteiger partial charge in [0.15, 0.2) is 11.5 Å². The maximum Gasteiger partial charge on any atom is 0.255 e. The van der Waals surface area contributed by atoms with Gasteiger partial charge in [-0.3, -0.25) is 4.79 Å². The SMILES string of the molecule is O=C(N[C@H]1CCOC[C@@H]1O)c1cc(Cc2ccc(-n3cccn3)cc2)cc2c1OCO2. The second-order valence-electron chi connectivity index (χ2n) is 7.68. The molecule has 0 unspecified atom stereocenters. The summed E-state index contributed by atoms with van der Waals surface area (Å²) in [4.78, 5) is 13.0. The zero-order chi connectivity index (χ0) is 21.2. The molecule has 1 saturated heterocycles. The van der Waals surface area contributed by atoms with Crippen LogP contribution in [0.2, 0.25) is 0 Å². The van der Waals surface area contributed by atoms with Gasteiger partial charge in [0.2, 0.25) is 6.79 Å². The highest BCUT2D eigenvalue weighted by molar-refractivity contribution is 5.98. The summed E-state index contributed by atoms with van der Waals surface area (Å²) in [6, 6.07) is 13.4. The minimum atomic E-state index is -0.723. The number of nitrogens with one attached hydrogen (secondary N) is 1. The zero-order valence-electron chi connectivity index (χ0n) is 16.9.